The molecule has 0 saturated heterocycles. The van der Waals surface area contributed by atoms with Crippen LogP contribution < -0.4 is 29.8 Å². The van der Waals surface area contributed by atoms with Gasteiger partial charge in [0.1, 0.15) is 87.3 Å². The van der Waals surface area contributed by atoms with Gasteiger partial charge in [0.15, 0.2) is 75.8 Å². The number of phenols is 16. The number of aliphatic hydroxyl groups excluding tert-OH is 1. The van der Waals surface area contributed by atoms with Gasteiger partial charge in [-0.3, -0.25) is 9.59 Å². The molecule has 10 aromatic rings. The molecule has 14 rings (SSSR count). The molecule has 0 aliphatic carbocycles. The first-order valence-electron chi connectivity index (χ1n) is 30.9. The highest BCUT2D eigenvalue weighted by Crippen LogP contribution is 2.52. The SMILES string of the molecule is C[C@@H]1Cc2c(O)cc(O)cc2O[C@@H]1c1cc(O)c(O)c2c(O)c(=O)cc(C(=O)O[C@@H]3Cc4c(O)cc(O)cc4O[C@@H]3c3ccc(O)c(O)c3)cc12.O=C(O[C@@H]1Cc2c(O)cc(O)cc2O[C@@H]1c1ccc(O)c(O)c1)c1cc(=O)c(O)c2c(O)c(O)cc([C@H]3Oc4cc(O)cc(O)c4C[C@@H]3O)c2c1. The summed E-state index contributed by atoms with van der Waals surface area (Å²) in [4.78, 5) is 54.3. The fourth-order valence-corrected chi connectivity index (χ4v) is 13.2. The Bertz CT molecular complexity index is 5000. The van der Waals surface area contributed by atoms with Crippen molar-refractivity contribution in [1.29, 1.82) is 0 Å². The summed E-state index contributed by atoms with van der Waals surface area (Å²) < 4.78 is 35.8. The predicted molar refractivity (Wildman–Crippen MR) is 351 cm³/mol. The normalized spacial score (nSPS) is 19.3. The van der Waals surface area contributed by atoms with Gasteiger partial charge in [-0.1, -0.05) is 19.1 Å². The average Bonchev–Trinajstić information content (AvgIpc) is 1.31. The fourth-order valence-electron chi connectivity index (χ4n) is 13.2. The Balaban J connectivity index is 0.000000182. The summed E-state index contributed by atoms with van der Waals surface area (Å²) in [5, 5.41) is 197. The number of rotatable bonds is 8. The molecule has 102 heavy (non-hydrogen) atoms. The number of benzene rings is 8. The van der Waals surface area contributed by atoms with Crippen molar-refractivity contribution in [3.05, 3.63) is 197 Å². The molecule has 0 bridgehead atoms. The van der Waals surface area contributed by atoms with Crippen molar-refractivity contribution in [2.45, 2.75) is 75.3 Å². The number of aromatic hydroxyl groups is 18. The monoisotopic (exact) mass is 1400 g/mol. The standard InChI is InChI=1S/C37H30O14.C36H28O15/c1-14-4-21-24(41)8-17(38)10-29(21)49-35(14)20-12-28(45)34(47)32-19(20)5-16(7-27(44)33(32)46)37(48)51-31-13-22-25(42)9-18(39)11-30(22)50-36(31)15-2-3-23(40)26(43)6-15;37-15-6-22(40)19-11-27(45)35(50-28(19)8-15)18-10-26(44)33(47)31-17(18)3-14(5-25(43)32(31)46)36(48)51-30-12-20-23(41)7-16(38)9-29(20)49-34(30)13-1-2-21(39)24(42)4-13/h2-3,5-12,14,31,35-36,38-43,45,47H,4,13H2,1H3,(H,44,46);1-10,27,30,34-35,37-42,44-45,47H,11-12H2,(H,43,46)/t14-,31-,35+,36-;27-,30+,34+,35+/m10/s1. The van der Waals surface area contributed by atoms with Crippen molar-refractivity contribution in [2.24, 2.45) is 5.92 Å². The third kappa shape index (κ3) is 12.1. The molecule has 10 aromatic carbocycles. The highest BCUT2D eigenvalue weighted by atomic mass is 16.6. The van der Waals surface area contributed by atoms with Gasteiger partial charge in [0.05, 0.1) is 28.0 Å². The van der Waals surface area contributed by atoms with Crippen LogP contribution in [0.1, 0.15) is 96.6 Å². The zero-order chi connectivity index (χ0) is 72.9. The van der Waals surface area contributed by atoms with Gasteiger partial charge >= 0.3 is 11.9 Å². The third-order valence-electron chi connectivity index (χ3n) is 18.1. The largest absolute Gasteiger partial charge is 0.508 e. The average molecular weight is 1400 g/mol. The van der Waals surface area contributed by atoms with E-state index in [4.69, 9.17) is 28.4 Å². The zero-order valence-corrected chi connectivity index (χ0v) is 52.6. The number of esters is 2. The van der Waals surface area contributed by atoms with Crippen LogP contribution in [0.25, 0.3) is 21.5 Å². The van der Waals surface area contributed by atoms with Gasteiger partial charge in [0.25, 0.3) is 0 Å². The molecule has 29 nitrogen and oxygen atoms in total. The van der Waals surface area contributed by atoms with Gasteiger partial charge in [0, 0.05) is 130 Å². The molecule has 0 spiro atoms. The number of hydrogen-bond acceptors (Lipinski definition) is 29. The van der Waals surface area contributed by atoms with Gasteiger partial charge in [-0.15, -0.1) is 0 Å². The van der Waals surface area contributed by atoms with Crippen molar-refractivity contribution in [2.75, 3.05) is 0 Å². The quantitative estimate of drug-likeness (QED) is 0.0502. The maximum Gasteiger partial charge on any atom is 0.338 e. The molecule has 0 aromatic heterocycles. The first-order chi connectivity index (χ1) is 48.4. The lowest BCUT2D eigenvalue weighted by Crippen LogP contribution is -2.34. The van der Waals surface area contributed by atoms with Crippen LogP contribution in [0, 0.1) is 5.92 Å². The number of aliphatic hydroxyl groups is 1. The summed E-state index contributed by atoms with van der Waals surface area (Å²) in [7, 11) is 0. The summed E-state index contributed by atoms with van der Waals surface area (Å²) >= 11 is 0. The lowest BCUT2D eigenvalue weighted by molar-refractivity contribution is -0.0191. The van der Waals surface area contributed by atoms with Crippen LogP contribution in [0.5, 0.6) is 126 Å². The summed E-state index contributed by atoms with van der Waals surface area (Å²) in [5.41, 5.74) is -1.77. The fraction of sp³-hybridized carbons (Fsp3) is 0.178. The van der Waals surface area contributed by atoms with Crippen LogP contribution in [0.2, 0.25) is 0 Å². The molecule has 19 N–H and O–H groups in total. The van der Waals surface area contributed by atoms with E-state index >= 15 is 0 Å². The molecule has 0 amide bonds. The Morgan fingerprint density at radius 2 is 0.696 bits per heavy atom. The molecule has 4 aliphatic rings. The minimum atomic E-state index is -1.43. The molecular weight excluding hydrogens is 1340 g/mol. The van der Waals surface area contributed by atoms with Crippen molar-refractivity contribution >= 4 is 33.5 Å². The Kier molecular flexibility index (Phi) is 16.8. The number of fused-ring (bicyclic) bond motifs is 6. The topological polar surface area (TPSA) is 508 Å². The second-order valence-corrected chi connectivity index (χ2v) is 24.8. The zero-order valence-electron chi connectivity index (χ0n) is 52.6. The van der Waals surface area contributed by atoms with E-state index < -0.39 is 151 Å². The Labute approximate surface area is 571 Å². The molecule has 0 radical (unpaired) electrons. The van der Waals surface area contributed by atoms with Crippen LogP contribution in [-0.4, -0.2) is 127 Å². The van der Waals surface area contributed by atoms with Crippen LogP contribution >= 0.6 is 0 Å². The molecule has 29 heteroatoms. The van der Waals surface area contributed by atoms with E-state index in [1.165, 1.54) is 66.7 Å². The second-order valence-electron chi connectivity index (χ2n) is 24.8. The lowest BCUT2D eigenvalue weighted by atomic mass is 9.85. The number of hydrogen-bond donors (Lipinski definition) is 19. The molecule has 4 aliphatic heterocycles. The van der Waals surface area contributed by atoms with Gasteiger partial charge in [0.2, 0.25) is 10.9 Å². The minimum absolute atomic E-state index is 0.0300. The molecule has 4 heterocycles. The van der Waals surface area contributed by atoms with E-state index in [9.17, 15) is 116 Å². The number of ether oxygens (including phenoxy) is 6. The van der Waals surface area contributed by atoms with Crippen molar-refractivity contribution in [3.63, 3.8) is 0 Å². The van der Waals surface area contributed by atoms with Gasteiger partial charge in [-0.05, 0) is 65.7 Å². The highest BCUT2D eigenvalue weighted by molar-refractivity contribution is 6.03. The predicted octanol–water partition coefficient (Wildman–Crippen LogP) is 8.25. The third-order valence-corrected chi connectivity index (χ3v) is 18.1. The maximum absolute atomic E-state index is 14.0. The van der Waals surface area contributed by atoms with E-state index in [1.54, 1.807) is 6.92 Å². The van der Waals surface area contributed by atoms with Gasteiger partial charge in [-0.2, -0.15) is 0 Å². The van der Waals surface area contributed by atoms with Crippen LogP contribution in [0.3, 0.4) is 0 Å². The number of carbonyl (C=O) groups is 2. The molecule has 0 saturated carbocycles. The van der Waals surface area contributed by atoms with E-state index in [0.29, 0.717) is 5.56 Å². The van der Waals surface area contributed by atoms with Crippen LogP contribution in [0.4, 0.5) is 0 Å². The van der Waals surface area contributed by atoms with E-state index in [2.05, 4.69) is 0 Å². The maximum atomic E-state index is 14.0. The Morgan fingerprint density at radius 1 is 0.353 bits per heavy atom. The number of phenolic OH excluding ortho intramolecular Hbond substituents is 16. The second kappa shape index (κ2) is 25.4. The lowest BCUT2D eigenvalue weighted by Gasteiger charge is -2.34. The summed E-state index contributed by atoms with van der Waals surface area (Å²) in [6.45, 7) is 1.77. The number of carbonyl (C=O) groups excluding carboxylic acids is 2. The Morgan fingerprint density at radius 3 is 1.08 bits per heavy atom. The summed E-state index contributed by atoms with van der Waals surface area (Å²) in [5.74, 6) is -12.3. The van der Waals surface area contributed by atoms with Crippen molar-refractivity contribution < 1.29 is 135 Å². The molecule has 524 valence electrons. The first-order valence-corrected chi connectivity index (χ1v) is 30.9. The van der Waals surface area contributed by atoms with E-state index in [-0.39, 0.29) is 144 Å². The molecular formula is C73H58O29. The van der Waals surface area contributed by atoms with Gasteiger partial charge < -0.3 is 125 Å². The van der Waals surface area contributed by atoms with Gasteiger partial charge in [-0.25, -0.2) is 9.59 Å². The minimum Gasteiger partial charge on any atom is -0.508 e. The van der Waals surface area contributed by atoms with Crippen molar-refractivity contribution in [1.82, 2.24) is 0 Å². The molecule has 8 atom stereocenters. The van der Waals surface area contributed by atoms with E-state index in [0.717, 1.165) is 54.6 Å². The first kappa shape index (κ1) is 67.1. The smallest absolute Gasteiger partial charge is 0.338 e. The van der Waals surface area contributed by atoms with Crippen LogP contribution in [0.15, 0.2) is 131 Å². The summed E-state index contributed by atoms with van der Waals surface area (Å²) in [6.07, 6.45) is -8.98. The van der Waals surface area contributed by atoms with E-state index in [1.807, 2.05) is 0 Å². The van der Waals surface area contributed by atoms with Crippen molar-refractivity contribution in [3.8, 4) is 126 Å². The molecule has 0 fully saturated rings. The summed E-state index contributed by atoms with van der Waals surface area (Å²) in [6, 6.07) is 22.7. The Hall–Kier alpha value is -13.4. The molecule has 0 unspecified atom stereocenters. The van der Waals surface area contributed by atoms with Crippen LogP contribution in [-0.2, 0) is 35.2 Å². The highest BCUT2D eigenvalue weighted by Gasteiger charge is 2.41.